The number of anilines is 2. The van der Waals surface area contributed by atoms with Crippen molar-refractivity contribution < 1.29 is 23.8 Å². The van der Waals surface area contributed by atoms with Crippen LogP contribution in [0.4, 0.5) is 11.4 Å². The second-order valence-corrected chi connectivity index (χ2v) is 6.29. The lowest BCUT2D eigenvalue weighted by atomic mass is 10.1. The van der Waals surface area contributed by atoms with Crippen LogP contribution in [0.5, 0.6) is 17.2 Å². The zero-order valence-corrected chi connectivity index (χ0v) is 17.1. The summed E-state index contributed by atoms with van der Waals surface area (Å²) >= 11 is 0. The van der Waals surface area contributed by atoms with Gasteiger partial charge in [0.2, 0.25) is 17.6 Å². The molecule has 0 atom stereocenters. The van der Waals surface area contributed by atoms with Crippen molar-refractivity contribution in [3.05, 3.63) is 41.5 Å². The third kappa shape index (κ3) is 4.54. The largest absolute Gasteiger partial charge is 0.493 e. The molecule has 150 valence electrons. The third-order valence-electron chi connectivity index (χ3n) is 4.50. The molecule has 0 spiro atoms. The van der Waals surface area contributed by atoms with Gasteiger partial charge in [-0.25, -0.2) is 0 Å². The summed E-state index contributed by atoms with van der Waals surface area (Å²) in [6.45, 7) is 5.22. The molecule has 7 heteroatoms. The van der Waals surface area contributed by atoms with Gasteiger partial charge in [0.15, 0.2) is 11.5 Å². The second-order valence-electron chi connectivity index (χ2n) is 6.29. The highest BCUT2D eigenvalue weighted by molar-refractivity contribution is 6.02. The van der Waals surface area contributed by atoms with Crippen molar-refractivity contribution in [1.82, 2.24) is 0 Å². The highest BCUT2D eigenvalue weighted by Gasteiger charge is 2.20. The molecule has 0 fully saturated rings. The fourth-order valence-corrected chi connectivity index (χ4v) is 2.89. The first-order valence-corrected chi connectivity index (χ1v) is 8.76. The van der Waals surface area contributed by atoms with Crippen molar-refractivity contribution in [2.24, 2.45) is 0 Å². The van der Waals surface area contributed by atoms with Gasteiger partial charge in [0.1, 0.15) is 6.54 Å². The number of benzene rings is 2. The summed E-state index contributed by atoms with van der Waals surface area (Å²) in [7, 11) is 4.51. The van der Waals surface area contributed by atoms with E-state index in [1.54, 1.807) is 12.1 Å². The molecule has 0 saturated carbocycles. The Bertz CT molecular complexity index is 854. The highest BCUT2D eigenvalue weighted by atomic mass is 16.5. The summed E-state index contributed by atoms with van der Waals surface area (Å²) in [5, 5.41) is 2.78. The standard InChI is InChI=1S/C21H26N2O5/c1-13-8-7-9-17(14(13)2)23(15(3)24)12-20(25)22-16-10-18(26-4)21(28-6)19(11-16)27-5/h7-11H,12H2,1-6H3,(H,22,25). The predicted molar refractivity (Wildman–Crippen MR) is 109 cm³/mol. The van der Waals surface area contributed by atoms with E-state index in [-0.39, 0.29) is 18.4 Å². The minimum Gasteiger partial charge on any atom is -0.493 e. The number of methoxy groups -OCH3 is 3. The van der Waals surface area contributed by atoms with Gasteiger partial charge in [-0.15, -0.1) is 0 Å². The van der Waals surface area contributed by atoms with Crippen LogP contribution in [-0.2, 0) is 9.59 Å². The van der Waals surface area contributed by atoms with E-state index < -0.39 is 0 Å². The Morgan fingerprint density at radius 1 is 1.00 bits per heavy atom. The van der Waals surface area contributed by atoms with E-state index in [2.05, 4.69) is 5.32 Å². The highest BCUT2D eigenvalue weighted by Crippen LogP contribution is 2.39. The van der Waals surface area contributed by atoms with Crippen LogP contribution in [0.3, 0.4) is 0 Å². The molecule has 0 heterocycles. The number of amides is 2. The number of carbonyl (C=O) groups excluding carboxylic acids is 2. The van der Waals surface area contributed by atoms with E-state index in [9.17, 15) is 9.59 Å². The molecule has 0 bridgehead atoms. The quantitative estimate of drug-likeness (QED) is 0.790. The summed E-state index contributed by atoms with van der Waals surface area (Å²) in [6.07, 6.45) is 0. The SMILES string of the molecule is COc1cc(NC(=O)CN(C(C)=O)c2cccc(C)c2C)cc(OC)c1OC. The Kier molecular flexibility index (Phi) is 6.87. The third-order valence-corrected chi connectivity index (χ3v) is 4.50. The molecule has 28 heavy (non-hydrogen) atoms. The maximum absolute atomic E-state index is 12.6. The molecule has 0 aliphatic carbocycles. The van der Waals surface area contributed by atoms with Gasteiger partial charge in [0.25, 0.3) is 0 Å². The van der Waals surface area contributed by atoms with E-state index >= 15 is 0 Å². The Morgan fingerprint density at radius 3 is 2.11 bits per heavy atom. The number of carbonyl (C=O) groups is 2. The Morgan fingerprint density at radius 2 is 1.61 bits per heavy atom. The fraction of sp³-hybridized carbons (Fsp3) is 0.333. The van der Waals surface area contributed by atoms with Crippen LogP contribution in [-0.4, -0.2) is 39.7 Å². The van der Waals surface area contributed by atoms with Gasteiger partial charge in [-0.05, 0) is 31.0 Å². The van der Waals surface area contributed by atoms with Crippen molar-refractivity contribution >= 4 is 23.2 Å². The van der Waals surface area contributed by atoms with Crippen molar-refractivity contribution in [3.63, 3.8) is 0 Å². The van der Waals surface area contributed by atoms with Crippen LogP contribution in [0.1, 0.15) is 18.1 Å². The number of hydrogen-bond acceptors (Lipinski definition) is 5. The first kappa shape index (κ1) is 21.1. The monoisotopic (exact) mass is 386 g/mol. The molecule has 0 aromatic heterocycles. The van der Waals surface area contributed by atoms with Gasteiger partial charge in [-0.2, -0.15) is 0 Å². The van der Waals surface area contributed by atoms with Gasteiger partial charge in [0, 0.05) is 30.4 Å². The molecule has 1 N–H and O–H groups in total. The molecule has 2 rings (SSSR count). The van der Waals surface area contributed by atoms with Crippen LogP contribution in [0.25, 0.3) is 0 Å². The normalized spacial score (nSPS) is 10.2. The van der Waals surface area contributed by atoms with E-state index in [0.29, 0.717) is 28.6 Å². The van der Waals surface area contributed by atoms with Gasteiger partial charge in [0.05, 0.1) is 21.3 Å². The van der Waals surface area contributed by atoms with E-state index in [1.807, 2.05) is 32.0 Å². The maximum Gasteiger partial charge on any atom is 0.244 e. The number of aryl methyl sites for hydroxylation is 1. The first-order chi connectivity index (χ1) is 13.3. The second kappa shape index (κ2) is 9.12. The molecule has 2 aromatic carbocycles. The van der Waals surface area contributed by atoms with Crippen LogP contribution in [0.2, 0.25) is 0 Å². The van der Waals surface area contributed by atoms with Crippen LogP contribution < -0.4 is 24.4 Å². The van der Waals surface area contributed by atoms with E-state index in [4.69, 9.17) is 14.2 Å². The first-order valence-electron chi connectivity index (χ1n) is 8.76. The lowest BCUT2D eigenvalue weighted by Gasteiger charge is -2.23. The topological polar surface area (TPSA) is 77.1 Å². The van der Waals surface area contributed by atoms with Gasteiger partial charge in [-0.3, -0.25) is 9.59 Å². The van der Waals surface area contributed by atoms with Crippen molar-refractivity contribution in [2.45, 2.75) is 20.8 Å². The Balaban J connectivity index is 2.26. The fourth-order valence-electron chi connectivity index (χ4n) is 2.89. The number of rotatable bonds is 7. The number of nitrogens with one attached hydrogen (secondary N) is 1. The zero-order valence-electron chi connectivity index (χ0n) is 17.1. The van der Waals surface area contributed by atoms with E-state index in [0.717, 1.165) is 11.1 Å². The maximum atomic E-state index is 12.6. The molecular formula is C21H26N2O5. The molecular weight excluding hydrogens is 360 g/mol. The summed E-state index contributed by atoms with van der Waals surface area (Å²) < 4.78 is 15.9. The summed E-state index contributed by atoms with van der Waals surface area (Å²) in [6, 6.07) is 8.93. The molecule has 2 aromatic rings. The van der Waals surface area contributed by atoms with Crippen LogP contribution in [0, 0.1) is 13.8 Å². The van der Waals surface area contributed by atoms with Gasteiger partial charge >= 0.3 is 0 Å². The molecule has 0 saturated heterocycles. The minimum atomic E-state index is -0.342. The van der Waals surface area contributed by atoms with Gasteiger partial charge in [-0.1, -0.05) is 12.1 Å². The number of hydrogen-bond donors (Lipinski definition) is 1. The lowest BCUT2D eigenvalue weighted by Crippen LogP contribution is -2.37. The lowest BCUT2D eigenvalue weighted by molar-refractivity contribution is -0.120. The Hall–Kier alpha value is -3.22. The molecule has 0 radical (unpaired) electrons. The number of nitrogens with zero attached hydrogens (tertiary/aromatic N) is 1. The smallest absolute Gasteiger partial charge is 0.244 e. The predicted octanol–water partition coefficient (Wildman–Crippen LogP) is 3.32. The molecule has 0 aliphatic heterocycles. The molecule has 0 aliphatic rings. The van der Waals surface area contributed by atoms with Crippen LogP contribution >= 0.6 is 0 Å². The van der Waals surface area contributed by atoms with Crippen molar-refractivity contribution in [2.75, 3.05) is 38.1 Å². The summed E-state index contributed by atoms with van der Waals surface area (Å²) in [5.74, 6) is 0.730. The van der Waals surface area contributed by atoms with Gasteiger partial charge < -0.3 is 24.4 Å². The van der Waals surface area contributed by atoms with Crippen molar-refractivity contribution in [1.29, 1.82) is 0 Å². The molecule has 2 amide bonds. The Labute approximate surface area is 165 Å². The molecule has 7 nitrogen and oxygen atoms in total. The average Bonchev–Trinajstić information content (AvgIpc) is 2.67. The minimum absolute atomic E-state index is 0.115. The molecule has 0 unspecified atom stereocenters. The summed E-state index contributed by atoms with van der Waals surface area (Å²) in [5.41, 5.74) is 3.20. The van der Waals surface area contributed by atoms with Crippen LogP contribution in [0.15, 0.2) is 30.3 Å². The van der Waals surface area contributed by atoms with Crippen molar-refractivity contribution in [3.8, 4) is 17.2 Å². The summed E-state index contributed by atoms with van der Waals surface area (Å²) in [4.78, 5) is 26.3. The van der Waals surface area contributed by atoms with E-state index in [1.165, 1.54) is 33.2 Å². The average molecular weight is 386 g/mol. The number of ether oxygens (including phenoxy) is 3. The zero-order chi connectivity index (χ0) is 20.8.